The topological polar surface area (TPSA) is 26.0 Å². The first-order valence-electron chi connectivity index (χ1n) is 5.52. The molecule has 0 aliphatic heterocycles. The largest absolute Gasteiger partial charge is 0.416 e. The fourth-order valence-electron chi connectivity index (χ4n) is 1.76. The van der Waals surface area contributed by atoms with Crippen molar-refractivity contribution in [2.75, 3.05) is 5.73 Å². The number of nitrogen functional groups attached to an aromatic ring is 1. The van der Waals surface area contributed by atoms with E-state index in [4.69, 9.17) is 17.3 Å². The lowest BCUT2D eigenvalue weighted by Gasteiger charge is -2.11. The second-order valence-electron chi connectivity index (χ2n) is 4.26. The molecule has 19 heavy (non-hydrogen) atoms. The summed E-state index contributed by atoms with van der Waals surface area (Å²) in [6, 6.07) is 8.58. The van der Waals surface area contributed by atoms with E-state index in [0.717, 1.165) is 17.7 Å². The van der Waals surface area contributed by atoms with E-state index in [1.165, 1.54) is 6.07 Å². The Kier molecular flexibility index (Phi) is 3.45. The zero-order chi connectivity index (χ0) is 14.2. The van der Waals surface area contributed by atoms with Crippen LogP contribution in [0.25, 0.3) is 11.1 Å². The van der Waals surface area contributed by atoms with Crippen LogP contribution in [0.1, 0.15) is 11.1 Å². The van der Waals surface area contributed by atoms with Crippen LogP contribution in [0.5, 0.6) is 0 Å². The molecule has 0 bridgehead atoms. The summed E-state index contributed by atoms with van der Waals surface area (Å²) < 4.78 is 37.6. The highest BCUT2D eigenvalue weighted by molar-refractivity contribution is 6.31. The Hall–Kier alpha value is -1.68. The van der Waals surface area contributed by atoms with Crippen molar-refractivity contribution in [3.05, 3.63) is 52.5 Å². The first kappa shape index (κ1) is 13.7. The van der Waals surface area contributed by atoms with Crippen LogP contribution >= 0.6 is 11.6 Å². The van der Waals surface area contributed by atoms with E-state index in [1.54, 1.807) is 18.2 Å². The molecule has 0 saturated carbocycles. The predicted molar refractivity (Wildman–Crippen MR) is 71.0 cm³/mol. The quantitative estimate of drug-likeness (QED) is 0.740. The van der Waals surface area contributed by atoms with Crippen molar-refractivity contribution in [3.63, 3.8) is 0 Å². The van der Waals surface area contributed by atoms with E-state index in [-0.39, 0.29) is 5.69 Å². The van der Waals surface area contributed by atoms with Gasteiger partial charge in [0.25, 0.3) is 0 Å². The van der Waals surface area contributed by atoms with Crippen LogP contribution in [-0.4, -0.2) is 0 Å². The molecule has 1 nitrogen and oxygen atoms in total. The maximum atomic E-state index is 12.5. The molecule has 100 valence electrons. The third-order valence-electron chi connectivity index (χ3n) is 2.86. The van der Waals surface area contributed by atoms with Gasteiger partial charge in [0, 0.05) is 16.3 Å². The number of aryl methyl sites for hydroxylation is 1. The maximum absolute atomic E-state index is 12.5. The molecule has 0 fully saturated rings. The first-order chi connectivity index (χ1) is 8.79. The molecule has 0 atom stereocenters. The summed E-state index contributed by atoms with van der Waals surface area (Å²) in [6.07, 6.45) is -4.39. The smallest absolute Gasteiger partial charge is 0.398 e. The molecular formula is C14H11ClF3N. The van der Waals surface area contributed by atoms with E-state index >= 15 is 0 Å². The summed E-state index contributed by atoms with van der Waals surface area (Å²) in [6.45, 7) is 1.85. The van der Waals surface area contributed by atoms with Crippen molar-refractivity contribution in [3.8, 4) is 11.1 Å². The molecule has 2 rings (SSSR count). The van der Waals surface area contributed by atoms with Gasteiger partial charge in [-0.05, 0) is 36.2 Å². The second kappa shape index (κ2) is 4.78. The average molecular weight is 286 g/mol. The van der Waals surface area contributed by atoms with Gasteiger partial charge in [0.15, 0.2) is 0 Å². The number of hydrogen-bond donors (Lipinski definition) is 1. The van der Waals surface area contributed by atoms with Crippen molar-refractivity contribution in [2.24, 2.45) is 0 Å². The monoisotopic (exact) mass is 285 g/mol. The zero-order valence-corrected chi connectivity index (χ0v) is 10.8. The van der Waals surface area contributed by atoms with Gasteiger partial charge in [-0.25, -0.2) is 0 Å². The standard InChI is InChI=1S/C14H11ClF3N/c1-8-2-3-9(6-12(8)15)11-5-4-10(7-13(11)19)14(16,17)18/h2-7H,19H2,1H3. The Morgan fingerprint density at radius 2 is 1.74 bits per heavy atom. The maximum Gasteiger partial charge on any atom is 0.416 e. The van der Waals surface area contributed by atoms with E-state index in [2.05, 4.69) is 0 Å². The number of rotatable bonds is 1. The van der Waals surface area contributed by atoms with Crippen LogP contribution in [0.4, 0.5) is 18.9 Å². The van der Waals surface area contributed by atoms with E-state index in [0.29, 0.717) is 16.1 Å². The molecule has 0 aromatic heterocycles. The van der Waals surface area contributed by atoms with Gasteiger partial charge in [0.05, 0.1) is 5.56 Å². The highest BCUT2D eigenvalue weighted by Gasteiger charge is 2.30. The van der Waals surface area contributed by atoms with Crippen LogP contribution in [0.2, 0.25) is 5.02 Å². The first-order valence-corrected chi connectivity index (χ1v) is 5.90. The molecule has 0 saturated heterocycles. The lowest BCUT2D eigenvalue weighted by atomic mass is 10.0. The van der Waals surface area contributed by atoms with Crippen molar-refractivity contribution < 1.29 is 13.2 Å². The Morgan fingerprint density at radius 1 is 1.05 bits per heavy atom. The number of hydrogen-bond acceptors (Lipinski definition) is 1. The Balaban J connectivity index is 2.49. The fourth-order valence-corrected chi connectivity index (χ4v) is 1.94. The zero-order valence-electron chi connectivity index (χ0n) is 10.1. The number of alkyl halides is 3. The van der Waals surface area contributed by atoms with Crippen molar-refractivity contribution in [2.45, 2.75) is 13.1 Å². The molecule has 0 heterocycles. The van der Waals surface area contributed by atoms with E-state index in [9.17, 15) is 13.2 Å². The molecule has 0 amide bonds. The van der Waals surface area contributed by atoms with Gasteiger partial charge in [-0.2, -0.15) is 13.2 Å². The Labute approximate surface area is 113 Å². The summed E-state index contributed by atoms with van der Waals surface area (Å²) in [4.78, 5) is 0. The van der Waals surface area contributed by atoms with E-state index in [1.807, 2.05) is 6.92 Å². The number of benzene rings is 2. The molecule has 0 radical (unpaired) electrons. The third-order valence-corrected chi connectivity index (χ3v) is 3.27. The molecular weight excluding hydrogens is 275 g/mol. The number of halogens is 4. The minimum absolute atomic E-state index is 0.0785. The van der Waals surface area contributed by atoms with Gasteiger partial charge >= 0.3 is 6.18 Å². The minimum atomic E-state index is -4.39. The SMILES string of the molecule is Cc1ccc(-c2ccc(C(F)(F)F)cc2N)cc1Cl. The van der Waals surface area contributed by atoms with Gasteiger partial charge in [-0.15, -0.1) is 0 Å². The van der Waals surface area contributed by atoms with Gasteiger partial charge < -0.3 is 5.73 Å². The lowest BCUT2D eigenvalue weighted by Crippen LogP contribution is -2.05. The molecule has 0 spiro atoms. The molecule has 0 unspecified atom stereocenters. The van der Waals surface area contributed by atoms with Crippen LogP contribution in [0.15, 0.2) is 36.4 Å². The van der Waals surface area contributed by atoms with E-state index < -0.39 is 11.7 Å². The van der Waals surface area contributed by atoms with Gasteiger partial charge in [-0.1, -0.05) is 29.8 Å². The average Bonchev–Trinajstić information content (AvgIpc) is 2.31. The molecule has 2 aromatic rings. The summed E-state index contributed by atoms with van der Waals surface area (Å²) >= 11 is 6.00. The minimum Gasteiger partial charge on any atom is -0.398 e. The molecule has 5 heteroatoms. The highest BCUT2D eigenvalue weighted by atomic mass is 35.5. The summed E-state index contributed by atoms with van der Waals surface area (Å²) in [5.74, 6) is 0. The van der Waals surface area contributed by atoms with Gasteiger partial charge in [0.1, 0.15) is 0 Å². The molecule has 2 N–H and O–H groups in total. The van der Waals surface area contributed by atoms with Crippen molar-refractivity contribution in [1.82, 2.24) is 0 Å². The Morgan fingerprint density at radius 3 is 2.26 bits per heavy atom. The third kappa shape index (κ3) is 2.84. The fraction of sp³-hybridized carbons (Fsp3) is 0.143. The van der Waals surface area contributed by atoms with Crippen LogP contribution in [-0.2, 0) is 6.18 Å². The second-order valence-corrected chi connectivity index (χ2v) is 4.67. The summed E-state index contributed by atoms with van der Waals surface area (Å²) in [5.41, 5.74) is 7.15. The normalized spacial score (nSPS) is 11.6. The summed E-state index contributed by atoms with van der Waals surface area (Å²) in [7, 11) is 0. The Bertz CT molecular complexity index is 621. The van der Waals surface area contributed by atoms with Crippen molar-refractivity contribution >= 4 is 17.3 Å². The van der Waals surface area contributed by atoms with Crippen LogP contribution in [0, 0.1) is 6.92 Å². The number of nitrogens with two attached hydrogens (primary N) is 1. The molecule has 0 aliphatic rings. The number of anilines is 1. The highest BCUT2D eigenvalue weighted by Crippen LogP contribution is 2.35. The predicted octanol–water partition coefficient (Wildman–Crippen LogP) is 4.92. The van der Waals surface area contributed by atoms with Crippen LogP contribution in [0.3, 0.4) is 0 Å². The summed E-state index contributed by atoms with van der Waals surface area (Å²) in [5, 5.41) is 0.553. The molecule has 2 aromatic carbocycles. The van der Waals surface area contributed by atoms with Gasteiger partial charge in [-0.3, -0.25) is 0 Å². The van der Waals surface area contributed by atoms with Crippen molar-refractivity contribution in [1.29, 1.82) is 0 Å². The van der Waals surface area contributed by atoms with Gasteiger partial charge in [0.2, 0.25) is 0 Å². The lowest BCUT2D eigenvalue weighted by molar-refractivity contribution is -0.137. The molecule has 0 aliphatic carbocycles. The van der Waals surface area contributed by atoms with Crippen LogP contribution < -0.4 is 5.73 Å².